The molecule has 0 radical (unpaired) electrons. The molecule has 0 amide bonds. The van der Waals surface area contributed by atoms with Crippen LogP contribution in [0.25, 0.3) is 0 Å². The van der Waals surface area contributed by atoms with E-state index in [2.05, 4.69) is 5.32 Å². The Morgan fingerprint density at radius 3 is 2.65 bits per heavy atom. The monoisotopic (exact) mass is 245 g/mol. The third kappa shape index (κ3) is 2.98. The van der Waals surface area contributed by atoms with Crippen molar-refractivity contribution in [1.29, 1.82) is 0 Å². The van der Waals surface area contributed by atoms with Crippen LogP contribution in [0.1, 0.15) is 18.1 Å². The molecule has 1 aliphatic rings. The minimum Gasteiger partial charge on any atom is -0.361 e. The summed E-state index contributed by atoms with van der Waals surface area (Å²) in [5, 5.41) is 3.09. The SMILES string of the molecule is CC1COC(Cc2ccccc2C(F)(F)F)N1. The van der Waals surface area contributed by atoms with Crippen molar-refractivity contribution >= 4 is 0 Å². The topological polar surface area (TPSA) is 21.3 Å². The van der Waals surface area contributed by atoms with Crippen LogP contribution in [0.2, 0.25) is 0 Å². The lowest BCUT2D eigenvalue weighted by Gasteiger charge is -2.15. The maximum Gasteiger partial charge on any atom is 0.416 e. The number of hydrogen-bond acceptors (Lipinski definition) is 2. The highest BCUT2D eigenvalue weighted by molar-refractivity contribution is 5.30. The largest absolute Gasteiger partial charge is 0.416 e. The highest BCUT2D eigenvalue weighted by Gasteiger charge is 2.34. The fourth-order valence-corrected chi connectivity index (χ4v) is 1.97. The number of rotatable bonds is 2. The van der Waals surface area contributed by atoms with Gasteiger partial charge in [0.05, 0.1) is 12.2 Å². The lowest BCUT2D eigenvalue weighted by Crippen LogP contribution is -2.30. The molecule has 0 aliphatic carbocycles. The Kier molecular flexibility index (Phi) is 3.40. The van der Waals surface area contributed by atoms with Gasteiger partial charge in [0.1, 0.15) is 6.23 Å². The van der Waals surface area contributed by atoms with E-state index < -0.39 is 11.7 Å². The Bertz CT molecular complexity index is 392. The molecule has 1 aromatic rings. The lowest BCUT2D eigenvalue weighted by molar-refractivity contribution is -0.138. The van der Waals surface area contributed by atoms with Crippen LogP contribution < -0.4 is 5.32 Å². The van der Waals surface area contributed by atoms with Crippen LogP contribution in [0.4, 0.5) is 13.2 Å². The maximum atomic E-state index is 12.7. The first-order valence-corrected chi connectivity index (χ1v) is 5.49. The van der Waals surface area contributed by atoms with E-state index in [0.717, 1.165) is 6.07 Å². The van der Waals surface area contributed by atoms with E-state index in [9.17, 15) is 13.2 Å². The van der Waals surface area contributed by atoms with Gasteiger partial charge in [-0.1, -0.05) is 18.2 Å². The van der Waals surface area contributed by atoms with Crippen LogP contribution in [0.15, 0.2) is 24.3 Å². The second-order valence-electron chi connectivity index (χ2n) is 4.25. The van der Waals surface area contributed by atoms with Crippen molar-refractivity contribution in [2.45, 2.75) is 31.8 Å². The fourth-order valence-electron chi connectivity index (χ4n) is 1.97. The van der Waals surface area contributed by atoms with Gasteiger partial charge in [0.25, 0.3) is 0 Å². The molecular weight excluding hydrogens is 231 g/mol. The van der Waals surface area contributed by atoms with Crippen molar-refractivity contribution in [3.8, 4) is 0 Å². The van der Waals surface area contributed by atoms with Crippen molar-refractivity contribution in [3.05, 3.63) is 35.4 Å². The second kappa shape index (κ2) is 4.66. The summed E-state index contributed by atoms with van der Waals surface area (Å²) in [6, 6.07) is 5.81. The zero-order valence-corrected chi connectivity index (χ0v) is 9.42. The van der Waals surface area contributed by atoms with Crippen molar-refractivity contribution in [3.63, 3.8) is 0 Å². The molecule has 1 N–H and O–H groups in total. The van der Waals surface area contributed by atoms with Crippen LogP contribution in [0.3, 0.4) is 0 Å². The van der Waals surface area contributed by atoms with Gasteiger partial charge < -0.3 is 4.74 Å². The molecule has 5 heteroatoms. The molecular formula is C12H14F3NO. The molecule has 1 heterocycles. The van der Waals surface area contributed by atoms with E-state index in [1.165, 1.54) is 12.1 Å². The minimum absolute atomic E-state index is 0.193. The molecule has 2 rings (SSSR count). The zero-order valence-electron chi connectivity index (χ0n) is 9.42. The van der Waals surface area contributed by atoms with E-state index in [0.29, 0.717) is 6.61 Å². The van der Waals surface area contributed by atoms with Gasteiger partial charge in [-0.2, -0.15) is 13.2 Å². The van der Waals surface area contributed by atoms with Gasteiger partial charge in [0.2, 0.25) is 0 Å². The molecule has 1 fully saturated rings. The Balaban J connectivity index is 2.15. The van der Waals surface area contributed by atoms with Crippen molar-refractivity contribution < 1.29 is 17.9 Å². The summed E-state index contributed by atoms with van der Waals surface area (Å²) in [7, 11) is 0. The zero-order chi connectivity index (χ0) is 12.5. The Labute approximate surface area is 97.8 Å². The first kappa shape index (κ1) is 12.4. The van der Waals surface area contributed by atoms with E-state index in [-0.39, 0.29) is 24.3 Å². The molecule has 0 saturated carbocycles. The predicted molar refractivity (Wildman–Crippen MR) is 57.5 cm³/mol. The van der Waals surface area contributed by atoms with E-state index in [4.69, 9.17) is 4.74 Å². The Morgan fingerprint density at radius 1 is 1.35 bits per heavy atom. The van der Waals surface area contributed by atoms with E-state index >= 15 is 0 Å². The number of nitrogens with one attached hydrogen (secondary N) is 1. The standard InChI is InChI=1S/C12H14F3NO/c1-8-7-17-11(16-8)6-9-4-2-3-5-10(9)12(13,14)15/h2-5,8,11,16H,6-7H2,1H3. The maximum absolute atomic E-state index is 12.7. The molecule has 1 saturated heterocycles. The summed E-state index contributed by atoms with van der Waals surface area (Å²) in [4.78, 5) is 0. The summed E-state index contributed by atoms with van der Waals surface area (Å²) in [6.07, 6.45) is -4.39. The number of hydrogen-bond donors (Lipinski definition) is 1. The summed E-state index contributed by atoms with van der Waals surface area (Å²) in [5.41, 5.74) is -0.309. The average Bonchev–Trinajstić information content (AvgIpc) is 2.63. The van der Waals surface area contributed by atoms with Crippen LogP contribution >= 0.6 is 0 Å². The summed E-state index contributed by atoms with van der Waals surface area (Å²) < 4.78 is 43.6. The van der Waals surface area contributed by atoms with Gasteiger partial charge in [-0.15, -0.1) is 0 Å². The third-order valence-corrected chi connectivity index (χ3v) is 2.75. The number of ether oxygens (including phenoxy) is 1. The predicted octanol–water partition coefficient (Wildman–Crippen LogP) is 2.58. The first-order chi connectivity index (χ1) is 7.97. The average molecular weight is 245 g/mol. The summed E-state index contributed by atoms with van der Waals surface area (Å²) in [6.45, 7) is 2.48. The van der Waals surface area contributed by atoms with Gasteiger partial charge in [-0.05, 0) is 18.6 Å². The Morgan fingerprint density at radius 2 is 2.06 bits per heavy atom. The molecule has 2 unspecified atom stereocenters. The molecule has 0 aromatic heterocycles. The quantitative estimate of drug-likeness (QED) is 0.864. The van der Waals surface area contributed by atoms with Gasteiger partial charge in [-0.3, -0.25) is 5.32 Å². The van der Waals surface area contributed by atoms with Gasteiger partial charge in [0.15, 0.2) is 0 Å². The van der Waals surface area contributed by atoms with Crippen LogP contribution in [-0.2, 0) is 17.3 Å². The third-order valence-electron chi connectivity index (χ3n) is 2.75. The number of benzene rings is 1. The highest BCUT2D eigenvalue weighted by atomic mass is 19.4. The van der Waals surface area contributed by atoms with Crippen molar-refractivity contribution in [2.75, 3.05) is 6.61 Å². The van der Waals surface area contributed by atoms with E-state index in [1.807, 2.05) is 6.92 Å². The smallest absolute Gasteiger partial charge is 0.361 e. The molecule has 94 valence electrons. The second-order valence-corrected chi connectivity index (χ2v) is 4.25. The van der Waals surface area contributed by atoms with Crippen LogP contribution in [0.5, 0.6) is 0 Å². The van der Waals surface area contributed by atoms with E-state index in [1.54, 1.807) is 6.07 Å². The molecule has 1 aromatic carbocycles. The number of halogens is 3. The van der Waals surface area contributed by atoms with Gasteiger partial charge in [-0.25, -0.2) is 0 Å². The van der Waals surface area contributed by atoms with Crippen molar-refractivity contribution in [2.24, 2.45) is 0 Å². The molecule has 2 atom stereocenters. The molecule has 17 heavy (non-hydrogen) atoms. The minimum atomic E-state index is -4.30. The molecule has 2 nitrogen and oxygen atoms in total. The first-order valence-electron chi connectivity index (χ1n) is 5.49. The fraction of sp³-hybridized carbons (Fsp3) is 0.500. The van der Waals surface area contributed by atoms with Gasteiger partial charge >= 0.3 is 6.18 Å². The molecule has 0 spiro atoms. The number of alkyl halides is 3. The highest BCUT2D eigenvalue weighted by Crippen LogP contribution is 2.32. The molecule has 0 bridgehead atoms. The van der Waals surface area contributed by atoms with Crippen molar-refractivity contribution in [1.82, 2.24) is 5.32 Å². The van der Waals surface area contributed by atoms with Gasteiger partial charge in [0, 0.05) is 12.5 Å². The summed E-state index contributed by atoms with van der Waals surface area (Å²) >= 11 is 0. The summed E-state index contributed by atoms with van der Waals surface area (Å²) in [5.74, 6) is 0. The lowest BCUT2D eigenvalue weighted by atomic mass is 10.0. The molecule has 1 aliphatic heterocycles. The normalized spacial score (nSPS) is 25.2. The van der Waals surface area contributed by atoms with Crippen LogP contribution in [-0.4, -0.2) is 18.9 Å². The van der Waals surface area contributed by atoms with Crippen LogP contribution in [0, 0.1) is 0 Å². The Hall–Kier alpha value is -1.07.